The van der Waals surface area contributed by atoms with Gasteiger partial charge in [-0.25, -0.2) is 0 Å². The Bertz CT molecular complexity index is 395. The van der Waals surface area contributed by atoms with Gasteiger partial charge in [-0.1, -0.05) is 6.07 Å². The largest absolute Gasteiger partial charge is 0.486 e. The van der Waals surface area contributed by atoms with Crippen molar-refractivity contribution in [1.82, 2.24) is 0 Å². The molecule has 1 unspecified atom stereocenters. The SMILES string of the molecule is NC1CCN(c2cccc3c2OCCO3)C1. The lowest BCUT2D eigenvalue weighted by atomic mass is 10.2. The number of nitrogens with two attached hydrogens (primary N) is 1. The summed E-state index contributed by atoms with van der Waals surface area (Å²) >= 11 is 0. The molecule has 86 valence electrons. The first kappa shape index (κ1) is 9.78. The molecular weight excluding hydrogens is 204 g/mol. The number of nitrogens with zero attached hydrogens (tertiary/aromatic N) is 1. The normalized spacial score (nSPS) is 23.6. The average molecular weight is 220 g/mol. The van der Waals surface area contributed by atoms with Crippen LogP contribution in [0.25, 0.3) is 0 Å². The highest BCUT2D eigenvalue weighted by atomic mass is 16.6. The summed E-state index contributed by atoms with van der Waals surface area (Å²) in [4.78, 5) is 2.28. The summed E-state index contributed by atoms with van der Waals surface area (Å²) in [6.07, 6.45) is 1.05. The number of rotatable bonds is 1. The van der Waals surface area contributed by atoms with Crippen LogP contribution in [0.1, 0.15) is 6.42 Å². The third-order valence-electron chi connectivity index (χ3n) is 3.11. The van der Waals surface area contributed by atoms with E-state index in [1.807, 2.05) is 12.1 Å². The van der Waals surface area contributed by atoms with E-state index in [-0.39, 0.29) is 6.04 Å². The molecule has 0 aromatic heterocycles. The van der Waals surface area contributed by atoms with E-state index in [4.69, 9.17) is 15.2 Å². The average Bonchev–Trinajstić information content (AvgIpc) is 2.75. The minimum Gasteiger partial charge on any atom is -0.486 e. The van der Waals surface area contributed by atoms with Crippen molar-refractivity contribution in [3.8, 4) is 11.5 Å². The second kappa shape index (κ2) is 3.87. The summed E-state index contributed by atoms with van der Waals surface area (Å²) in [6, 6.07) is 6.31. The van der Waals surface area contributed by atoms with Crippen LogP contribution in [0.4, 0.5) is 5.69 Å². The van der Waals surface area contributed by atoms with E-state index in [2.05, 4.69) is 11.0 Å². The maximum Gasteiger partial charge on any atom is 0.184 e. The van der Waals surface area contributed by atoms with Crippen molar-refractivity contribution in [3.63, 3.8) is 0 Å². The molecule has 4 nitrogen and oxygen atoms in total. The van der Waals surface area contributed by atoms with Gasteiger partial charge in [-0.15, -0.1) is 0 Å². The third-order valence-corrected chi connectivity index (χ3v) is 3.11. The predicted molar refractivity (Wildman–Crippen MR) is 62.2 cm³/mol. The summed E-state index contributed by atoms with van der Waals surface area (Å²) in [6.45, 7) is 3.17. The van der Waals surface area contributed by atoms with Gasteiger partial charge in [0.05, 0.1) is 5.69 Å². The standard InChI is InChI=1S/C12H16N2O2/c13-9-4-5-14(8-9)10-2-1-3-11-12(10)16-7-6-15-11/h1-3,9H,4-8,13H2. The van der Waals surface area contributed by atoms with E-state index in [1.165, 1.54) is 0 Å². The van der Waals surface area contributed by atoms with Gasteiger partial charge < -0.3 is 20.1 Å². The number of para-hydroxylation sites is 1. The molecule has 0 spiro atoms. The number of hydrogen-bond acceptors (Lipinski definition) is 4. The van der Waals surface area contributed by atoms with Gasteiger partial charge in [-0.2, -0.15) is 0 Å². The molecule has 4 heteroatoms. The topological polar surface area (TPSA) is 47.7 Å². The number of benzene rings is 1. The fourth-order valence-electron chi connectivity index (χ4n) is 2.31. The maximum atomic E-state index is 5.92. The summed E-state index contributed by atoms with van der Waals surface area (Å²) in [7, 11) is 0. The van der Waals surface area contributed by atoms with Crippen molar-refractivity contribution >= 4 is 5.69 Å². The van der Waals surface area contributed by atoms with Crippen LogP contribution >= 0.6 is 0 Å². The lowest BCUT2D eigenvalue weighted by molar-refractivity contribution is 0.172. The van der Waals surface area contributed by atoms with E-state index < -0.39 is 0 Å². The van der Waals surface area contributed by atoms with E-state index in [1.54, 1.807) is 0 Å². The Labute approximate surface area is 94.9 Å². The lowest BCUT2D eigenvalue weighted by Gasteiger charge is -2.26. The molecule has 2 N–H and O–H groups in total. The Morgan fingerprint density at radius 2 is 2.12 bits per heavy atom. The quantitative estimate of drug-likeness (QED) is 0.767. The molecule has 1 fully saturated rings. The number of fused-ring (bicyclic) bond motifs is 1. The summed E-state index contributed by atoms with van der Waals surface area (Å²) in [5, 5.41) is 0. The second-order valence-electron chi connectivity index (χ2n) is 4.30. The van der Waals surface area contributed by atoms with E-state index in [9.17, 15) is 0 Å². The minimum atomic E-state index is 0.278. The molecule has 1 aromatic carbocycles. The highest BCUT2D eigenvalue weighted by molar-refractivity contribution is 5.65. The van der Waals surface area contributed by atoms with Crippen LogP contribution in [0.3, 0.4) is 0 Å². The zero-order valence-electron chi connectivity index (χ0n) is 9.19. The highest BCUT2D eigenvalue weighted by Gasteiger charge is 2.25. The van der Waals surface area contributed by atoms with Gasteiger partial charge >= 0.3 is 0 Å². The van der Waals surface area contributed by atoms with Crippen LogP contribution in [0, 0.1) is 0 Å². The van der Waals surface area contributed by atoms with Gasteiger partial charge in [-0.05, 0) is 18.6 Å². The lowest BCUT2D eigenvalue weighted by Crippen LogP contribution is -2.27. The summed E-state index contributed by atoms with van der Waals surface area (Å²) in [5.41, 5.74) is 7.04. The van der Waals surface area contributed by atoms with Gasteiger partial charge in [0.25, 0.3) is 0 Å². The van der Waals surface area contributed by atoms with Crippen LogP contribution in [-0.2, 0) is 0 Å². The van der Waals surface area contributed by atoms with Crippen molar-refractivity contribution in [2.45, 2.75) is 12.5 Å². The molecule has 2 heterocycles. The highest BCUT2D eigenvalue weighted by Crippen LogP contribution is 2.40. The molecule has 0 radical (unpaired) electrons. The Morgan fingerprint density at radius 1 is 1.25 bits per heavy atom. The molecule has 0 bridgehead atoms. The van der Waals surface area contributed by atoms with Crippen LogP contribution in [0.2, 0.25) is 0 Å². The molecule has 0 amide bonds. The molecule has 0 aliphatic carbocycles. The van der Waals surface area contributed by atoms with Crippen molar-refractivity contribution in [2.24, 2.45) is 5.73 Å². The van der Waals surface area contributed by atoms with Gasteiger partial charge in [0.1, 0.15) is 13.2 Å². The monoisotopic (exact) mass is 220 g/mol. The number of ether oxygens (including phenoxy) is 2. The predicted octanol–water partition coefficient (Wildman–Crippen LogP) is 0.995. The van der Waals surface area contributed by atoms with Crippen molar-refractivity contribution in [3.05, 3.63) is 18.2 Å². The van der Waals surface area contributed by atoms with Crippen LogP contribution in [0.5, 0.6) is 11.5 Å². The molecule has 0 saturated carbocycles. The zero-order valence-corrected chi connectivity index (χ0v) is 9.19. The van der Waals surface area contributed by atoms with Gasteiger partial charge in [0.2, 0.25) is 0 Å². The van der Waals surface area contributed by atoms with Gasteiger partial charge in [-0.3, -0.25) is 0 Å². The van der Waals surface area contributed by atoms with E-state index in [0.29, 0.717) is 13.2 Å². The molecule has 16 heavy (non-hydrogen) atoms. The van der Waals surface area contributed by atoms with E-state index >= 15 is 0 Å². The Kier molecular flexibility index (Phi) is 2.36. The van der Waals surface area contributed by atoms with Crippen molar-refractivity contribution in [1.29, 1.82) is 0 Å². The van der Waals surface area contributed by atoms with E-state index in [0.717, 1.165) is 36.7 Å². The number of hydrogen-bond donors (Lipinski definition) is 1. The Hall–Kier alpha value is -1.42. The summed E-state index contributed by atoms with van der Waals surface area (Å²) in [5.74, 6) is 1.73. The molecule has 2 aliphatic rings. The summed E-state index contributed by atoms with van der Waals surface area (Å²) < 4.78 is 11.3. The molecule has 1 atom stereocenters. The van der Waals surface area contributed by atoms with Crippen LogP contribution in [-0.4, -0.2) is 32.3 Å². The fraction of sp³-hybridized carbons (Fsp3) is 0.500. The van der Waals surface area contributed by atoms with Crippen molar-refractivity contribution in [2.75, 3.05) is 31.2 Å². The Morgan fingerprint density at radius 3 is 2.94 bits per heavy atom. The zero-order chi connectivity index (χ0) is 11.0. The third kappa shape index (κ3) is 1.59. The second-order valence-corrected chi connectivity index (χ2v) is 4.30. The molecule has 1 saturated heterocycles. The first-order chi connectivity index (χ1) is 7.84. The Balaban J connectivity index is 1.94. The molecular formula is C12H16N2O2. The first-order valence-electron chi connectivity index (χ1n) is 5.74. The maximum absolute atomic E-state index is 5.92. The minimum absolute atomic E-state index is 0.278. The molecule has 3 rings (SSSR count). The molecule has 2 aliphatic heterocycles. The smallest absolute Gasteiger partial charge is 0.184 e. The van der Waals surface area contributed by atoms with Crippen molar-refractivity contribution < 1.29 is 9.47 Å². The first-order valence-corrected chi connectivity index (χ1v) is 5.74. The van der Waals surface area contributed by atoms with Crippen LogP contribution < -0.4 is 20.1 Å². The van der Waals surface area contributed by atoms with Gasteiger partial charge in [0.15, 0.2) is 11.5 Å². The van der Waals surface area contributed by atoms with Gasteiger partial charge in [0, 0.05) is 19.1 Å². The fourth-order valence-corrected chi connectivity index (χ4v) is 2.31. The molecule has 1 aromatic rings. The van der Waals surface area contributed by atoms with Crippen LogP contribution in [0.15, 0.2) is 18.2 Å². The number of anilines is 1.